The van der Waals surface area contributed by atoms with Crippen LogP contribution in [0.15, 0.2) is 114 Å². The van der Waals surface area contributed by atoms with Crippen molar-refractivity contribution in [1.29, 1.82) is 0 Å². The van der Waals surface area contributed by atoms with E-state index in [0.29, 0.717) is 12.1 Å². The van der Waals surface area contributed by atoms with Crippen molar-refractivity contribution in [2.45, 2.75) is 88.7 Å². The Hall–Kier alpha value is -4.43. The molecule has 252 valence electrons. The molecule has 8 heteroatoms. The van der Waals surface area contributed by atoms with Crippen LogP contribution in [-0.4, -0.2) is 43.8 Å². The molecule has 0 heterocycles. The zero-order valence-electron chi connectivity index (χ0n) is 28.2. The highest BCUT2D eigenvalue weighted by Gasteiger charge is 2.35. The number of anilines is 1. The van der Waals surface area contributed by atoms with E-state index >= 15 is 0 Å². The summed E-state index contributed by atoms with van der Waals surface area (Å²) in [5, 5.41) is 3.26. The molecular weight excluding hydrogens is 619 g/mol. The summed E-state index contributed by atoms with van der Waals surface area (Å²) in [5.41, 5.74) is 4.26. The van der Waals surface area contributed by atoms with E-state index in [1.54, 1.807) is 35.2 Å². The van der Waals surface area contributed by atoms with E-state index in [9.17, 15) is 18.0 Å². The molecule has 1 N–H and O–H groups in total. The number of nitrogens with zero attached hydrogens (tertiary/aromatic N) is 2. The van der Waals surface area contributed by atoms with E-state index in [0.717, 1.165) is 54.4 Å². The molecule has 0 aromatic heterocycles. The van der Waals surface area contributed by atoms with Gasteiger partial charge in [-0.1, -0.05) is 124 Å². The minimum Gasteiger partial charge on any atom is -0.352 e. The summed E-state index contributed by atoms with van der Waals surface area (Å²) in [4.78, 5) is 30.7. The molecule has 1 fully saturated rings. The summed E-state index contributed by atoms with van der Waals surface area (Å²) in [6, 6.07) is 32.2. The van der Waals surface area contributed by atoms with Crippen LogP contribution in [0.4, 0.5) is 5.69 Å². The van der Waals surface area contributed by atoms with Crippen LogP contribution in [0.1, 0.15) is 74.1 Å². The van der Waals surface area contributed by atoms with Gasteiger partial charge in [-0.25, -0.2) is 8.42 Å². The molecule has 1 aliphatic rings. The normalized spacial score (nSPS) is 14.3. The van der Waals surface area contributed by atoms with Gasteiger partial charge in [-0.3, -0.25) is 13.9 Å². The molecule has 1 atom stereocenters. The van der Waals surface area contributed by atoms with Gasteiger partial charge in [-0.2, -0.15) is 0 Å². The van der Waals surface area contributed by atoms with Gasteiger partial charge in [0.15, 0.2) is 0 Å². The number of benzene rings is 4. The van der Waals surface area contributed by atoms with Crippen molar-refractivity contribution in [3.63, 3.8) is 0 Å². The van der Waals surface area contributed by atoms with Gasteiger partial charge in [0.25, 0.3) is 10.0 Å². The standard InChI is InChI=1S/C40H47N3O4S/c1-30(2)34-22-24-36(25-23-34)43(48(46,47)37-20-11-6-12-21-37)29-39(44)42(28-33-17-13-14-31(3)26-33)38(27-32-15-7-4-8-16-32)40(45)41-35-18-9-5-10-19-35/h4,6-8,11-17,20-26,30,35,38H,5,9-10,18-19,27-29H2,1-3H3,(H,41,45)/t38-/m1/s1. The van der Waals surface area contributed by atoms with Gasteiger partial charge in [0.1, 0.15) is 12.6 Å². The first-order valence-electron chi connectivity index (χ1n) is 17.0. The highest BCUT2D eigenvalue weighted by atomic mass is 32.2. The molecule has 1 saturated carbocycles. The molecule has 5 rings (SSSR count). The highest BCUT2D eigenvalue weighted by molar-refractivity contribution is 7.92. The molecule has 4 aromatic rings. The summed E-state index contributed by atoms with van der Waals surface area (Å²) in [7, 11) is -4.14. The third-order valence-corrected chi connectivity index (χ3v) is 10.9. The molecule has 0 spiro atoms. The van der Waals surface area contributed by atoms with Crippen LogP contribution in [0.2, 0.25) is 0 Å². The minimum absolute atomic E-state index is 0.0508. The SMILES string of the molecule is Cc1cccc(CN(C(=O)CN(c2ccc(C(C)C)cc2)S(=O)(=O)c2ccccc2)[C@H](Cc2ccccc2)C(=O)NC2CCCCC2)c1. The number of aryl methyl sites for hydroxylation is 1. The first kappa shape index (κ1) is 34.9. The Morgan fingerprint density at radius 1 is 0.792 bits per heavy atom. The van der Waals surface area contributed by atoms with Gasteiger partial charge in [0.05, 0.1) is 10.6 Å². The Labute approximate surface area is 286 Å². The molecule has 0 bridgehead atoms. The number of sulfonamides is 1. The van der Waals surface area contributed by atoms with E-state index in [1.807, 2.05) is 73.7 Å². The average molecular weight is 666 g/mol. The average Bonchev–Trinajstić information content (AvgIpc) is 3.10. The maximum absolute atomic E-state index is 14.7. The van der Waals surface area contributed by atoms with Gasteiger partial charge in [-0.05, 0) is 66.6 Å². The summed E-state index contributed by atoms with van der Waals surface area (Å²) in [6.45, 7) is 5.83. The summed E-state index contributed by atoms with van der Waals surface area (Å²) < 4.78 is 29.7. The zero-order valence-corrected chi connectivity index (χ0v) is 29.0. The second-order valence-corrected chi connectivity index (χ2v) is 15.0. The molecule has 7 nitrogen and oxygen atoms in total. The molecule has 48 heavy (non-hydrogen) atoms. The number of hydrogen-bond donors (Lipinski definition) is 1. The van der Waals surface area contributed by atoms with Crippen LogP contribution in [-0.2, 0) is 32.6 Å². The van der Waals surface area contributed by atoms with Crippen molar-refractivity contribution in [2.24, 2.45) is 0 Å². The molecule has 4 aromatic carbocycles. The Morgan fingerprint density at radius 3 is 2.04 bits per heavy atom. The van der Waals surface area contributed by atoms with E-state index in [1.165, 1.54) is 16.4 Å². The molecule has 0 radical (unpaired) electrons. The highest BCUT2D eigenvalue weighted by Crippen LogP contribution is 2.27. The van der Waals surface area contributed by atoms with Crippen molar-refractivity contribution in [1.82, 2.24) is 10.2 Å². The fourth-order valence-corrected chi connectivity index (χ4v) is 7.81. The maximum atomic E-state index is 14.7. The Kier molecular flexibility index (Phi) is 11.7. The number of carbonyl (C=O) groups excluding carboxylic acids is 2. The number of nitrogens with one attached hydrogen (secondary N) is 1. The molecule has 1 aliphatic carbocycles. The van der Waals surface area contributed by atoms with Crippen LogP contribution >= 0.6 is 0 Å². The van der Waals surface area contributed by atoms with Crippen LogP contribution in [0.3, 0.4) is 0 Å². The van der Waals surface area contributed by atoms with Gasteiger partial charge < -0.3 is 10.2 Å². The van der Waals surface area contributed by atoms with Crippen LogP contribution in [0.25, 0.3) is 0 Å². The number of hydrogen-bond acceptors (Lipinski definition) is 4. The second kappa shape index (κ2) is 16.1. The smallest absolute Gasteiger partial charge is 0.264 e. The Bertz CT molecular complexity index is 1750. The summed E-state index contributed by atoms with van der Waals surface area (Å²) in [5.74, 6) is -0.416. The number of carbonyl (C=O) groups is 2. The van der Waals surface area contributed by atoms with Crippen molar-refractivity contribution >= 4 is 27.5 Å². The molecular formula is C40H47N3O4S. The lowest BCUT2D eigenvalue weighted by atomic mass is 9.94. The summed E-state index contributed by atoms with van der Waals surface area (Å²) >= 11 is 0. The molecule has 0 saturated heterocycles. The second-order valence-electron chi connectivity index (χ2n) is 13.1. The number of rotatable bonds is 13. The maximum Gasteiger partial charge on any atom is 0.264 e. The molecule has 0 aliphatic heterocycles. The van der Waals surface area contributed by atoms with Gasteiger partial charge >= 0.3 is 0 Å². The molecule has 0 unspecified atom stereocenters. The zero-order chi connectivity index (χ0) is 34.1. The lowest BCUT2D eigenvalue weighted by Crippen LogP contribution is -2.55. The molecule has 2 amide bonds. The lowest BCUT2D eigenvalue weighted by molar-refractivity contribution is -0.140. The fraction of sp³-hybridized carbons (Fsp3) is 0.350. The third kappa shape index (κ3) is 8.92. The number of amides is 2. The Morgan fingerprint density at radius 2 is 1.42 bits per heavy atom. The monoisotopic (exact) mass is 665 g/mol. The van der Waals surface area contributed by atoms with Gasteiger partial charge in [0, 0.05) is 19.0 Å². The van der Waals surface area contributed by atoms with E-state index in [-0.39, 0.29) is 29.3 Å². The Balaban J connectivity index is 1.56. The van der Waals surface area contributed by atoms with E-state index in [2.05, 4.69) is 19.2 Å². The van der Waals surface area contributed by atoms with E-state index < -0.39 is 28.5 Å². The largest absolute Gasteiger partial charge is 0.352 e. The van der Waals surface area contributed by atoms with Crippen molar-refractivity contribution in [3.05, 3.63) is 131 Å². The minimum atomic E-state index is -4.14. The summed E-state index contributed by atoms with van der Waals surface area (Å²) in [6.07, 6.45) is 5.38. The lowest BCUT2D eigenvalue weighted by Gasteiger charge is -2.35. The predicted octanol–water partition coefficient (Wildman–Crippen LogP) is 7.40. The predicted molar refractivity (Wildman–Crippen MR) is 192 cm³/mol. The van der Waals surface area contributed by atoms with Crippen LogP contribution in [0, 0.1) is 6.92 Å². The van der Waals surface area contributed by atoms with Crippen molar-refractivity contribution < 1.29 is 18.0 Å². The van der Waals surface area contributed by atoms with Gasteiger partial charge in [0.2, 0.25) is 11.8 Å². The van der Waals surface area contributed by atoms with Crippen molar-refractivity contribution in [3.8, 4) is 0 Å². The van der Waals surface area contributed by atoms with E-state index in [4.69, 9.17) is 0 Å². The van der Waals surface area contributed by atoms with Crippen molar-refractivity contribution in [2.75, 3.05) is 10.8 Å². The topological polar surface area (TPSA) is 86.8 Å². The van der Waals surface area contributed by atoms with Gasteiger partial charge in [-0.15, -0.1) is 0 Å². The van der Waals surface area contributed by atoms with Crippen LogP contribution in [0.5, 0.6) is 0 Å². The first-order chi connectivity index (χ1) is 23.1. The fourth-order valence-electron chi connectivity index (χ4n) is 6.38. The third-order valence-electron chi connectivity index (χ3n) is 9.12. The van der Waals surface area contributed by atoms with Crippen LogP contribution < -0.4 is 9.62 Å². The quantitative estimate of drug-likeness (QED) is 0.161. The first-order valence-corrected chi connectivity index (χ1v) is 18.4.